The molecule has 21 heavy (non-hydrogen) atoms. The van der Waals surface area contributed by atoms with Crippen molar-refractivity contribution in [2.45, 2.75) is 13.5 Å². The molecule has 5 heteroatoms. The van der Waals surface area contributed by atoms with Gasteiger partial charge in [0.15, 0.2) is 6.29 Å². The molecule has 1 aromatic heterocycles. The Bertz CT molecular complexity index is 719. The Morgan fingerprint density at radius 3 is 2.48 bits per heavy atom. The highest BCUT2D eigenvalue weighted by atomic mass is 16.5. The number of ether oxygens (including phenoxy) is 2. The second-order valence-electron chi connectivity index (χ2n) is 4.41. The van der Waals surface area contributed by atoms with Crippen molar-refractivity contribution in [3.63, 3.8) is 0 Å². The average Bonchev–Trinajstić information content (AvgIpc) is 2.53. The zero-order chi connectivity index (χ0) is 15.4. The monoisotopic (exact) mass is 287 g/mol. The van der Waals surface area contributed by atoms with Gasteiger partial charge in [0.25, 0.3) is 5.56 Å². The number of hydrogen-bond donors (Lipinski definition) is 0. The molecule has 0 bridgehead atoms. The van der Waals surface area contributed by atoms with Crippen molar-refractivity contribution in [3.8, 4) is 22.8 Å². The number of nitrogens with zero attached hydrogens (tertiary/aromatic N) is 1. The van der Waals surface area contributed by atoms with E-state index in [1.165, 1.54) is 6.07 Å². The standard InChI is InChI=1S/C16H17NO4/c1-4-17-14(7-5-11(10-18)16(17)19)13-9-12(20-2)6-8-15(13)21-3/h5-10H,4H2,1-3H3. The van der Waals surface area contributed by atoms with Crippen LogP contribution in [-0.4, -0.2) is 25.1 Å². The topological polar surface area (TPSA) is 57.5 Å². The molecule has 110 valence electrons. The summed E-state index contributed by atoms with van der Waals surface area (Å²) in [4.78, 5) is 23.1. The van der Waals surface area contributed by atoms with Crippen molar-refractivity contribution < 1.29 is 14.3 Å². The van der Waals surface area contributed by atoms with Gasteiger partial charge in [0.05, 0.1) is 25.5 Å². The first-order valence-electron chi connectivity index (χ1n) is 6.57. The van der Waals surface area contributed by atoms with Crippen LogP contribution in [-0.2, 0) is 6.54 Å². The molecule has 0 aliphatic heterocycles. The summed E-state index contributed by atoms with van der Waals surface area (Å²) in [6.07, 6.45) is 0.571. The maximum atomic E-state index is 12.2. The molecule has 0 unspecified atom stereocenters. The molecule has 1 aromatic carbocycles. The van der Waals surface area contributed by atoms with E-state index in [0.717, 1.165) is 5.56 Å². The molecule has 0 spiro atoms. The van der Waals surface area contributed by atoms with Gasteiger partial charge >= 0.3 is 0 Å². The van der Waals surface area contributed by atoms with Crippen LogP contribution in [0.3, 0.4) is 0 Å². The van der Waals surface area contributed by atoms with Crippen LogP contribution in [0.25, 0.3) is 11.3 Å². The fraction of sp³-hybridized carbons (Fsp3) is 0.250. The van der Waals surface area contributed by atoms with Crippen LogP contribution < -0.4 is 15.0 Å². The quantitative estimate of drug-likeness (QED) is 0.792. The van der Waals surface area contributed by atoms with E-state index in [2.05, 4.69) is 0 Å². The van der Waals surface area contributed by atoms with E-state index >= 15 is 0 Å². The summed E-state index contributed by atoms with van der Waals surface area (Å²) in [6, 6.07) is 8.64. The lowest BCUT2D eigenvalue weighted by Gasteiger charge is -2.15. The van der Waals surface area contributed by atoms with Crippen molar-refractivity contribution in [2.24, 2.45) is 0 Å². The van der Waals surface area contributed by atoms with Crippen LogP contribution in [0.2, 0.25) is 0 Å². The van der Waals surface area contributed by atoms with E-state index in [0.29, 0.717) is 30.0 Å². The zero-order valence-electron chi connectivity index (χ0n) is 12.3. The van der Waals surface area contributed by atoms with E-state index in [4.69, 9.17) is 9.47 Å². The fourth-order valence-electron chi connectivity index (χ4n) is 2.25. The Kier molecular flexibility index (Phi) is 4.42. The molecule has 0 amide bonds. The summed E-state index contributed by atoms with van der Waals surface area (Å²) in [5.41, 5.74) is 1.26. The van der Waals surface area contributed by atoms with Gasteiger partial charge in [0.1, 0.15) is 11.5 Å². The van der Waals surface area contributed by atoms with E-state index < -0.39 is 0 Å². The van der Waals surface area contributed by atoms with Crippen LogP contribution >= 0.6 is 0 Å². The maximum Gasteiger partial charge on any atom is 0.261 e. The summed E-state index contributed by atoms with van der Waals surface area (Å²) in [7, 11) is 3.15. The fourth-order valence-corrected chi connectivity index (χ4v) is 2.25. The van der Waals surface area contributed by atoms with Crippen LogP contribution in [0.4, 0.5) is 0 Å². The highest BCUT2D eigenvalue weighted by Crippen LogP contribution is 2.32. The number of pyridine rings is 1. The number of aromatic nitrogens is 1. The molecule has 0 aliphatic rings. The predicted octanol–water partition coefficient (Wildman–Crippen LogP) is 2.36. The predicted molar refractivity (Wildman–Crippen MR) is 80.3 cm³/mol. The second-order valence-corrected chi connectivity index (χ2v) is 4.41. The number of benzene rings is 1. The first-order chi connectivity index (χ1) is 10.2. The highest BCUT2D eigenvalue weighted by molar-refractivity contribution is 5.76. The Morgan fingerprint density at radius 2 is 1.90 bits per heavy atom. The second kappa shape index (κ2) is 6.26. The minimum Gasteiger partial charge on any atom is -0.497 e. The zero-order valence-corrected chi connectivity index (χ0v) is 12.3. The van der Waals surface area contributed by atoms with Crippen molar-refractivity contribution in [1.29, 1.82) is 0 Å². The van der Waals surface area contributed by atoms with Crippen LogP contribution in [0.15, 0.2) is 35.1 Å². The third kappa shape index (κ3) is 2.67. The number of methoxy groups -OCH3 is 2. The summed E-state index contributed by atoms with van der Waals surface area (Å²) in [5.74, 6) is 1.30. The van der Waals surface area contributed by atoms with Gasteiger partial charge < -0.3 is 14.0 Å². The molecule has 0 atom stereocenters. The third-order valence-electron chi connectivity index (χ3n) is 3.33. The molecular weight excluding hydrogens is 270 g/mol. The van der Waals surface area contributed by atoms with Crippen molar-refractivity contribution in [1.82, 2.24) is 4.57 Å². The van der Waals surface area contributed by atoms with E-state index in [-0.39, 0.29) is 11.1 Å². The maximum absolute atomic E-state index is 12.2. The molecule has 5 nitrogen and oxygen atoms in total. The van der Waals surface area contributed by atoms with Crippen molar-refractivity contribution in [2.75, 3.05) is 14.2 Å². The van der Waals surface area contributed by atoms with E-state index in [1.54, 1.807) is 43.1 Å². The molecule has 0 saturated carbocycles. The number of aldehydes is 1. The Hall–Kier alpha value is -2.56. The van der Waals surface area contributed by atoms with E-state index in [9.17, 15) is 9.59 Å². The van der Waals surface area contributed by atoms with Gasteiger partial charge in [-0.1, -0.05) is 0 Å². The Labute approximate surface area is 122 Å². The van der Waals surface area contributed by atoms with Gasteiger partial charge in [-0.3, -0.25) is 9.59 Å². The molecular formula is C16H17NO4. The minimum atomic E-state index is -0.310. The minimum absolute atomic E-state index is 0.141. The molecule has 0 radical (unpaired) electrons. The lowest BCUT2D eigenvalue weighted by molar-refractivity contribution is 0.112. The smallest absolute Gasteiger partial charge is 0.261 e. The van der Waals surface area contributed by atoms with Gasteiger partial charge in [-0.2, -0.15) is 0 Å². The van der Waals surface area contributed by atoms with Gasteiger partial charge in [-0.15, -0.1) is 0 Å². The lowest BCUT2D eigenvalue weighted by atomic mass is 10.1. The van der Waals surface area contributed by atoms with Gasteiger partial charge in [0, 0.05) is 12.1 Å². The van der Waals surface area contributed by atoms with Gasteiger partial charge in [-0.25, -0.2) is 0 Å². The molecule has 2 aromatic rings. The molecule has 1 heterocycles. The third-order valence-corrected chi connectivity index (χ3v) is 3.33. The average molecular weight is 287 g/mol. The summed E-state index contributed by atoms with van der Waals surface area (Å²) < 4.78 is 12.1. The van der Waals surface area contributed by atoms with Crippen LogP contribution in [0, 0.1) is 0 Å². The van der Waals surface area contributed by atoms with Crippen LogP contribution in [0.1, 0.15) is 17.3 Å². The van der Waals surface area contributed by atoms with Crippen molar-refractivity contribution >= 4 is 6.29 Å². The van der Waals surface area contributed by atoms with Crippen molar-refractivity contribution in [3.05, 3.63) is 46.2 Å². The lowest BCUT2D eigenvalue weighted by Crippen LogP contribution is -2.24. The molecule has 0 N–H and O–H groups in total. The molecule has 0 aliphatic carbocycles. The first-order valence-corrected chi connectivity index (χ1v) is 6.57. The van der Waals surface area contributed by atoms with Gasteiger partial charge in [0.2, 0.25) is 0 Å². The Balaban J connectivity index is 2.74. The number of rotatable bonds is 5. The first kappa shape index (κ1) is 14.8. The number of carbonyl (C=O) groups is 1. The molecule has 2 rings (SSSR count). The van der Waals surface area contributed by atoms with Gasteiger partial charge in [-0.05, 0) is 37.3 Å². The van der Waals surface area contributed by atoms with E-state index in [1.807, 2.05) is 6.92 Å². The highest BCUT2D eigenvalue weighted by Gasteiger charge is 2.14. The summed E-state index contributed by atoms with van der Waals surface area (Å²) >= 11 is 0. The largest absolute Gasteiger partial charge is 0.497 e. The summed E-state index contributed by atoms with van der Waals surface area (Å²) in [6.45, 7) is 2.31. The molecule has 0 fully saturated rings. The molecule has 0 saturated heterocycles. The normalized spacial score (nSPS) is 10.2. The summed E-state index contributed by atoms with van der Waals surface area (Å²) in [5, 5.41) is 0. The Morgan fingerprint density at radius 1 is 1.14 bits per heavy atom. The van der Waals surface area contributed by atoms with Crippen LogP contribution in [0.5, 0.6) is 11.5 Å². The SMILES string of the molecule is CCn1c(-c2cc(OC)ccc2OC)ccc(C=O)c1=O. The number of hydrogen-bond acceptors (Lipinski definition) is 4. The number of carbonyl (C=O) groups excluding carboxylic acids is 1.